The molecule has 10 heteroatoms. The fraction of sp³-hybridized carbons (Fsp3) is 0.306. The third-order valence-electron chi connectivity index (χ3n) is 8.57. The molecule has 0 radical (unpaired) electrons. The van der Waals surface area contributed by atoms with E-state index in [2.05, 4.69) is 72.5 Å². The number of ether oxygens (including phenoxy) is 1. The van der Waals surface area contributed by atoms with E-state index in [1.807, 2.05) is 26.4 Å². The minimum absolute atomic E-state index is 0.300. The van der Waals surface area contributed by atoms with Crippen molar-refractivity contribution in [3.8, 4) is 39.4 Å². The van der Waals surface area contributed by atoms with Gasteiger partial charge in [0, 0.05) is 59.6 Å². The van der Waals surface area contributed by atoms with Crippen molar-refractivity contribution in [1.82, 2.24) is 34.9 Å². The van der Waals surface area contributed by atoms with Crippen LogP contribution in [0.15, 0.2) is 67.1 Å². The second-order valence-electron chi connectivity index (χ2n) is 12.4. The quantitative estimate of drug-likeness (QED) is 0.148. The van der Waals surface area contributed by atoms with Gasteiger partial charge in [0.2, 0.25) is 0 Å². The molecule has 0 saturated carbocycles. The maximum atomic E-state index is 14.7. The first-order valence-electron chi connectivity index (χ1n) is 15.9. The highest BCUT2D eigenvalue weighted by molar-refractivity contribution is 6.01. The molecule has 9 nitrogen and oxygen atoms in total. The zero-order valence-corrected chi connectivity index (χ0v) is 26.5. The molecular weight excluding hydrogens is 579 g/mol. The number of nitrogens with one attached hydrogen (secondary N) is 3. The number of likely N-dealkylation sites (tertiary alicyclic amines) is 1. The predicted octanol–water partition coefficient (Wildman–Crippen LogP) is 6.73. The Balaban J connectivity index is 1.19. The van der Waals surface area contributed by atoms with Gasteiger partial charge in [-0.25, -0.2) is 9.37 Å². The summed E-state index contributed by atoms with van der Waals surface area (Å²) in [5.41, 5.74) is 8.60. The largest absolute Gasteiger partial charge is 0.492 e. The number of benzene rings is 2. The van der Waals surface area contributed by atoms with E-state index in [9.17, 15) is 4.39 Å². The Hall–Kier alpha value is -4.80. The van der Waals surface area contributed by atoms with Gasteiger partial charge in [0.1, 0.15) is 23.9 Å². The van der Waals surface area contributed by atoms with Gasteiger partial charge < -0.3 is 19.9 Å². The SMILES string of the molecule is Cc1cc(OCCN2CCCC2)cc(-c2cnc3[nH]nc(-c4cc5c(-c6cc(F)cc(NCCN(C)C)c6)cncc5[nH]4)c3c2)c1. The molecule has 1 aliphatic rings. The van der Waals surface area contributed by atoms with Crippen LogP contribution in [0.2, 0.25) is 0 Å². The molecule has 1 saturated heterocycles. The highest BCUT2D eigenvalue weighted by atomic mass is 19.1. The highest BCUT2D eigenvalue weighted by Gasteiger charge is 2.17. The molecule has 0 atom stereocenters. The van der Waals surface area contributed by atoms with Crippen molar-refractivity contribution in [2.24, 2.45) is 0 Å². The average Bonchev–Trinajstić information content (AvgIpc) is 3.80. The zero-order chi connectivity index (χ0) is 31.6. The summed E-state index contributed by atoms with van der Waals surface area (Å²) >= 11 is 0. The number of aromatic amines is 2. The first-order chi connectivity index (χ1) is 22.4. The van der Waals surface area contributed by atoms with Crippen LogP contribution in [0.25, 0.3) is 55.6 Å². The molecule has 46 heavy (non-hydrogen) atoms. The Labute approximate surface area is 267 Å². The molecule has 3 N–H and O–H groups in total. The fourth-order valence-corrected chi connectivity index (χ4v) is 6.24. The lowest BCUT2D eigenvalue weighted by molar-refractivity contribution is 0.238. The molecule has 5 heterocycles. The Kier molecular flexibility index (Phi) is 8.38. The van der Waals surface area contributed by atoms with Gasteiger partial charge in [-0.05, 0) is 106 Å². The molecule has 0 amide bonds. The van der Waals surface area contributed by atoms with Gasteiger partial charge in [0.25, 0.3) is 0 Å². The topological polar surface area (TPSA) is 98.0 Å². The molecule has 6 aromatic rings. The van der Waals surface area contributed by atoms with Crippen LogP contribution in [0.1, 0.15) is 18.4 Å². The Morgan fingerprint density at radius 1 is 0.935 bits per heavy atom. The minimum Gasteiger partial charge on any atom is -0.492 e. The molecule has 236 valence electrons. The van der Waals surface area contributed by atoms with Crippen molar-refractivity contribution in [2.45, 2.75) is 19.8 Å². The minimum atomic E-state index is -0.300. The van der Waals surface area contributed by atoms with E-state index in [0.29, 0.717) is 18.8 Å². The summed E-state index contributed by atoms with van der Waals surface area (Å²) < 4.78 is 20.9. The molecule has 7 rings (SSSR count). The average molecular weight is 619 g/mol. The van der Waals surface area contributed by atoms with Crippen LogP contribution in [0, 0.1) is 12.7 Å². The van der Waals surface area contributed by atoms with Gasteiger partial charge in [-0.3, -0.25) is 15.0 Å². The Morgan fingerprint density at radius 3 is 2.65 bits per heavy atom. The van der Waals surface area contributed by atoms with Crippen molar-refractivity contribution < 1.29 is 9.13 Å². The van der Waals surface area contributed by atoms with Crippen LogP contribution in [-0.4, -0.2) is 88.4 Å². The number of aromatic nitrogens is 5. The second kappa shape index (κ2) is 12.9. The van der Waals surface area contributed by atoms with E-state index in [1.54, 1.807) is 18.5 Å². The lowest BCUT2D eigenvalue weighted by Gasteiger charge is -2.15. The standard InChI is InChI=1S/C36H39FN8O/c1-23-12-24(16-29(13-23)46-11-10-45-7-4-5-8-45)26-17-31-35(42-43-36(31)40-20-26)33-19-30-32(21-38-22-34(30)41-33)25-14-27(37)18-28(15-25)39-6-9-44(2)3/h12-22,39,41H,4-11H2,1-3H3,(H,40,42,43). The van der Waals surface area contributed by atoms with E-state index >= 15 is 0 Å². The number of fused-ring (bicyclic) bond motifs is 2. The third-order valence-corrected chi connectivity index (χ3v) is 8.57. The first kappa shape index (κ1) is 29.9. The van der Waals surface area contributed by atoms with E-state index in [1.165, 1.54) is 18.9 Å². The molecular formula is C36H39FN8O. The number of pyridine rings is 2. The number of anilines is 1. The summed E-state index contributed by atoms with van der Waals surface area (Å²) in [6, 6.07) is 15.5. The van der Waals surface area contributed by atoms with Crippen molar-refractivity contribution in [1.29, 1.82) is 0 Å². The van der Waals surface area contributed by atoms with Crippen LogP contribution in [0.4, 0.5) is 10.1 Å². The predicted molar refractivity (Wildman–Crippen MR) is 183 cm³/mol. The molecule has 0 unspecified atom stereocenters. The van der Waals surface area contributed by atoms with E-state index in [-0.39, 0.29) is 5.82 Å². The number of halogens is 1. The number of hydrogen-bond acceptors (Lipinski definition) is 7. The monoisotopic (exact) mass is 618 g/mol. The van der Waals surface area contributed by atoms with Crippen LogP contribution < -0.4 is 10.1 Å². The number of hydrogen-bond donors (Lipinski definition) is 3. The maximum absolute atomic E-state index is 14.7. The summed E-state index contributed by atoms with van der Waals surface area (Å²) in [7, 11) is 4.03. The molecule has 1 aliphatic heterocycles. The number of aryl methyl sites for hydroxylation is 1. The second-order valence-corrected chi connectivity index (χ2v) is 12.4. The van der Waals surface area contributed by atoms with Crippen molar-refractivity contribution in [2.75, 3.05) is 58.7 Å². The normalized spacial score (nSPS) is 13.8. The van der Waals surface area contributed by atoms with Gasteiger partial charge >= 0.3 is 0 Å². The van der Waals surface area contributed by atoms with Gasteiger partial charge in [-0.15, -0.1) is 0 Å². The number of rotatable bonds is 11. The Bertz CT molecular complexity index is 1990. The van der Waals surface area contributed by atoms with Gasteiger partial charge in [-0.1, -0.05) is 6.07 Å². The summed E-state index contributed by atoms with van der Waals surface area (Å²) in [5, 5.41) is 12.9. The van der Waals surface area contributed by atoms with Gasteiger partial charge in [-0.2, -0.15) is 5.10 Å². The lowest BCUT2D eigenvalue weighted by atomic mass is 10.0. The lowest BCUT2D eigenvalue weighted by Crippen LogP contribution is -2.25. The van der Waals surface area contributed by atoms with Gasteiger partial charge in [0.15, 0.2) is 5.65 Å². The number of H-pyrrole nitrogens is 2. The van der Waals surface area contributed by atoms with Crippen LogP contribution >= 0.6 is 0 Å². The van der Waals surface area contributed by atoms with Crippen molar-refractivity contribution >= 4 is 27.6 Å². The van der Waals surface area contributed by atoms with E-state index in [0.717, 1.165) is 93.1 Å². The number of nitrogens with zero attached hydrogens (tertiary/aromatic N) is 5. The smallest absolute Gasteiger partial charge is 0.155 e. The Morgan fingerprint density at radius 2 is 1.80 bits per heavy atom. The van der Waals surface area contributed by atoms with Gasteiger partial charge in [0.05, 0.1) is 17.4 Å². The maximum Gasteiger partial charge on any atom is 0.155 e. The summed E-state index contributed by atoms with van der Waals surface area (Å²) in [6.07, 6.45) is 7.99. The van der Waals surface area contributed by atoms with Crippen LogP contribution in [-0.2, 0) is 0 Å². The number of likely N-dealkylation sites (N-methyl/N-ethyl adjacent to an activating group) is 1. The third kappa shape index (κ3) is 6.45. The van der Waals surface area contributed by atoms with E-state index < -0.39 is 0 Å². The zero-order valence-electron chi connectivity index (χ0n) is 26.5. The van der Waals surface area contributed by atoms with Crippen LogP contribution in [0.3, 0.4) is 0 Å². The summed E-state index contributed by atoms with van der Waals surface area (Å²) in [6.45, 7) is 7.59. The first-order valence-corrected chi connectivity index (χ1v) is 15.9. The molecule has 0 aliphatic carbocycles. The highest BCUT2D eigenvalue weighted by Crippen LogP contribution is 2.36. The van der Waals surface area contributed by atoms with Crippen molar-refractivity contribution in [3.63, 3.8) is 0 Å². The summed E-state index contributed by atoms with van der Waals surface area (Å²) in [4.78, 5) is 17.2. The summed E-state index contributed by atoms with van der Waals surface area (Å²) in [5.74, 6) is 0.566. The molecule has 1 fully saturated rings. The van der Waals surface area contributed by atoms with Crippen molar-refractivity contribution in [3.05, 3.63) is 78.5 Å². The molecule has 2 aromatic carbocycles. The fourth-order valence-electron chi connectivity index (χ4n) is 6.24. The molecule has 0 bridgehead atoms. The van der Waals surface area contributed by atoms with E-state index in [4.69, 9.17) is 9.72 Å². The molecule has 4 aromatic heterocycles. The van der Waals surface area contributed by atoms with Crippen LogP contribution in [0.5, 0.6) is 5.75 Å². The molecule has 0 spiro atoms.